The minimum atomic E-state index is -0.809. The van der Waals surface area contributed by atoms with Crippen LogP contribution in [0.1, 0.15) is 51.9 Å². The van der Waals surface area contributed by atoms with Crippen LogP contribution in [0.3, 0.4) is 0 Å². The maximum atomic E-state index is 10.5. The van der Waals surface area contributed by atoms with Crippen LogP contribution in [0.15, 0.2) is 12.2 Å². The number of allylic oxidation sites excluding steroid dienone is 2. The summed E-state index contributed by atoms with van der Waals surface area (Å²) in [5.74, 6) is 1.14. The van der Waals surface area contributed by atoms with Gasteiger partial charge in [-0.3, -0.25) is 4.79 Å². The molecule has 1 fully saturated rings. The standard InChI is InChI=1S/C17H25O3/c1-2-3-4-5-6-9-14-10-7-11-15(14)16(18)12-8-13-17(19)20/h6-7,9-11,16,18H,2-5,8,12-13H2,1H3,(H,19,20)/b9-6-/t16-/m0/s1. The molecular formula is C17H25O3. The molecule has 0 spiro atoms. The highest BCUT2D eigenvalue weighted by molar-refractivity contribution is 5.66. The average molecular weight is 277 g/mol. The third-order valence-electron chi connectivity index (χ3n) is 3.38. The van der Waals surface area contributed by atoms with Gasteiger partial charge in [0.1, 0.15) is 0 Å². The van der Waals surface area contributed by atoms with Gasteiger partial charge in [0.15, 0.2) is 0 Å². The van der Waals surface area contributed by atoms with Gasteiger partial charge in [-0.2, -0.15) is 0 Å². The molecule has 5 radical (unpaired) electrons. The lowest BCUT2D eigenvalue weighted by atomic mass is 9.87. The lowest BCUT2D eigenvalue weighted by Crippen LogP contribution is -2.20. The van der Waals surface area contributed by atoms with E-state index < -0.39 is 12.1 Å². The zero-order valence-electron chi connectivity index (χ0n) is 12.2. The van der Waals surface area contributed by atoms with E-state index >= 15 is 0 Å². The Morgan fingerprint density at radius 2 is 2.10 bits per heavy atom. The molecule has 1 aliphatic rings. The van der Waals surface area contributed by atoms with Crippen molar-refractivity contribution in [2.75, 3.05) is 0 Å². The molecule has 0 aromatic heterocycles. The van der Waals surface area contributed by atoms with Crippen LogP contribution < -0.4 is 0 Å². The van der Waals surface area contributed by atoms with Crippen molar-refractivity contribution in [2.45, 2.75) is 58.0 Å². The second kappa shape index (κ2) is 9.98. The topological polar surface area (TPSA) is 57.5 Å². The number of aliphatic hydroxyl groups is 1. The normalized spacial score (nSPS) is 18.9. The molecule has 0 saturated heterocycles. The molecule has 1 atom stereocenters. The lowest BCUT2D eigenvalue weighted by molar-refractivity contribution is -0.137. The number of carboxylic acids is 1. The first kappa shape index (κ1) is 17.2. The predicted octanol–water partition coefficient (Wildman–Crippen LogP) is 3.51. The number of unbranched alkanes of at least 4 members (excludes halogenated alkanes) is 3. The van der Waals surface area contributed by atoms with Crippen molar-refractivity contribution < 1.29 is 15.0 Å². The van der Waals surface area contributed by atoms with Gasteiger partial charge in [0.05, 0.1) is 6.10 Å². The van der Waals surface area contributed by atoms with Crippen molar-refractivity contribution >= 4 is 5.97 Å². The number of carboxylic acid groups (broad SMARTS) is 1. The molecule has 1 rings (SSSR count). The van der Waals surface area contributed by atoms with Crippen LogP contribution in [0.25, 0.3) is 0 Å². The smallest absolute Gasteiger partial charge is 0.303 e. The van der Waals surface area contributed by atoms with E-state index in [-0.39, 0.29) is 6.42 Å². The van der Waals surface area contributed by atoms with Crippen LogP contribution in [0.4, 0.5) is 0 Å². The van der Waals surface area contributed by atoms with E-state index in [1.165, 1.54) is 19.3 Å². The van der Waals surface area contributed by atoms with Crippen LogP contribution in [0.2, 0.25) is 0 Å². The molecule has 0 bridgehead atoms. The Kier molecular flexibility index (Phi) is 8.59. The second-order valence-corrected chi connectivity index (χ2v) is 5.14. The maximum Gasteiger partial charge on any atom is 0.303 e. The number of hydrogen-bond donors (Lipinski definition) is 2. The Bertz CT molecular complexity index is 299. The quantitative estimate of drug-likeness (QED) is 0.601. The van der Waals surface area contributed by atoms with Crippen molar-refractivity contribution in [2.24, 2.45) is 0 Å². The molecule has 1 aliphatic carbocycles. The first-order valence-corrected chi connectivity index (χ1v) is 7.47. The van der Waals surface area contributed by atoms with Gasteiger partial charge in [0.2, 0.25) is 0 Å². The number of rotatable bonds is 10. The minimum absolute atomic E-state index is 0.111. The van der Waals surface area contributed by atoms with Gasteiger partial charge in [0, 0.05) is 18.3 Å². The summed E-state index contributed by atoms with van der Waals surface area (Å²) >= 11 is 0. The van der Waals surface area contributed by atoms with Gasteiger partial charge >= 0.3 is 5.97 Å². The van der Waals surface area contributed by atoms with E-state index in [0.29, 0.717) is 12.8 Å². The van der Waals surface area contributed by atoms with Crippen molar-refractivity contribution in [3.05, 3.63) is 43.3 Å². The van der Waals surface area contributed by atoms with Gasteiger partial charge in [0.25, 0.3) is 0 Å². The van der Waals surface area contributed by atoms with E-state index in [2.05, 4.69) is 19.1 Å². The third kappa shape index (κ3) is 6.56. The highest BCUT2D eigenvalue weighted by Gasteiger charge is 2.32. The highest BCUT2D eigenvalue weighted by atomic mass is 16.4. The first-order valence-electron chi connectivity index (χ1n) is 7.47. The summed E-state index contributed by atoms with van der Waals surface area (Å²) < 4.78 is 0. The van der Waals surface area contributed by atoms with E-state index in [1.807, 2.05) is 19.3 Å². The van der Waals surface area contributed by atoms with Gasteiger partial charge < -0.3 is 10.2 Å². The molecular weight excluding hydrogens is 252 g/mol. The van der Waals surface area contributed by atoms with Gasteiger partial charge in [-0.15, -0.1) is 0 Å². The largest absolute Gasteiger partial charge is 0.481 e. The Hall–Kier alpha value is -0.830. The number of hydrogen-bond acceptors (Lipinski definition) is 2. The Labute approximate surface area is 123 Å². The summed E-state index contributed by atoms with van der Waals surface area (Å²) in [5, 5.41) is 18.7. The molecule has 2 N–H and O–H groups in total. The van der Waals surface area contributed by atoms with E-state index in [1.54, 1.807) is 0 Å². The molecule has 3 nitrogen and oxygen atoms in total. The van der Waals surface area contributed by atoms with Crippen molar-refractivity contribution in [3.8, 4) is 0 Å². The Morgan fingerprint density at radius 3 is 2.80 bits per heavy atom. The van der Waals surface area contributed by atoms with Gasteiger partial charge in [-0.05, 0) is 44.9 Å². The fraction of sp³-hybridized carbons (Fsp3) is 0.529. The van der Waals surface area contributed by atoms with E-state index in [4.69, 9.17) is 5.11 Å². The first-order chi connectivity index (χ1) is 9.65. The Balaban J connectivity index is 2.30. The fourth-order valence-corrected chi connectivity index (χ4v) is 2.23. The van der Waals surface area contributed by atoms with Gasteiger partial charge in [-0.25, -0.2) is 0 Å². The van der Waals surface area contributed by atoms with Crippen molar-refractivity contribution in [3.63, 3.8) is 0 Å². The summed E-state index contributed by atoms with van der Waals surface area (Å²) in [6.07, 6.45) is 15.3. The molecule has 0 aromatic carbocycles. The zero-order chi connectivity index (χ0) is 14.8. The molecule has 3 heteroatoms. The second-order valence-electron chi connectivity index (χ2n) is 5.14. The van der Waals surface area contributed by atoms with Crippen LogP contribution in [-0.4, -0.2) is 22.3 Å². The molecule has 20 heavy (non-hydrogen) atoms. The molecule has 0 amide bonds. The van der Waals surface area contributed by atoms with Crippen molar-refractivity contribution in [1.82, 2.24) is 0 Å². The summed E-state index contributed by atoms with van der Waals surface area (Å²) in [7, 11) is 0. The average Bonchev–Trinajstić information content (AvgIpc) is 2.86. The summed E-state index contributed by atoms with van der Waals surface area (Å²) in [6.45, 7) is 2.19. The van der Waals surface area contributed by atoms with Crippen LogP contribution in [0.5, 0.6) is 0 Å². The fourth-order valence-electron chi connectivity index (χ4n) is 2.23. The number of aliphatic carboxylic acids is 1. The minimum Gasteiger partial charge on any atom is -0.481 e. The molecule has 0 heterocycles. The molecule has 0 unspecified atom stereocenters. The molecule has 0 aliphatic heterocycles. The van der Waals surface area contributed by atoms with Gasteiger partial charge in [-0.1, -0.05) is 31.9 Å². The van der Waals surface area contributed by atoms with E-state index in [9.17, 15) is 9.90 Å². The molecule has 0 aromatic rings. The summed E-state index contributed by atoms with van der Waals surface area (Å²) in [5.41, 5.74) is 0. The van der Waals surface area contributed by atoms with Crippen LogP contribution >= 0.6 is 0 Å². The molecule has 1 saturated carbocycles. The van der Waals surface area contributed by atoms with Crippen LogP contribution in [-0.2, 0) is 4.79 Å². The third-order valence-corrected chi connectivity index (χ3v) is 3.38. The number of aliphatic hydroxyl groups excluding tert-OH is 1. The lowest BCUT2D eigenvalue weighted by Gasteiger charge is -2.21. The molecule has 111 valence electrons. The Morgan fingerprint density at radius 1 is 1.30 bits per heavy atom. The zero-order valence-corrected chi connectivity index (χ0v) is 12.2. The highest BCUT2D eigenvalue weighted by Crippen LogP contribution is 2.38. The number of carbonyl (C=O) groups is 1. The monoisotopic (exact) mass is 277 g/mol. The van der Waals surface area contributed by atoms with Crippen LogP contribution in [0, 0.1) is 31.1 Å². The SMILES string of the molecule is CCCCC/C=C\[C]1[CH][CH][CH][C]1[C@@H](O)CCCC(=O)O. The van der Waals surface area contributed by atoms with E-state index in [0.717, 1.165) is 18.3 Å². The summed E-state index contributed by atoms with van der Waals surface area (Å²) in [4.78, 5) is 10.5. The maximum absolute atomic E-state index is 10.5. The predicted molar refractivity (Wildman–Crippen MR) is 80.2 cm³/mol. The van der Waals surface area contributed by atoms with Crippen molar-refractivity contribution in [1.29, 1.82) is 0 Å². The summed E-state index contributed by atoms with van der Waals surface area (Å²) in [6, 6.07) is 0.